The molecule has 1 fully saturated rings. The van der Waals surface area contributed by atoms with Crippen molar-refractivity contribution in [1.29, 1.82) is 0 Å². The van der Waals surface area contributed by atoms with E-state index in [4.69, 9.17) is 0 Å². The first-order valence-corrected chi connectivity index (χ1v) is 6.41. The van der Waals surface area contributed by atoms with Crippen LogP contribution in [0.2, 0.25) is 0 Å². The molecule has 2 rings (SSSR count). The van der Waals surface area contributed by atoms with Gasteiger partial charge in [0.15, 0.2) is 0 Å². The zero-order chi connectivity index (χ0) is 10.7. The Morgan fingerprint density at radius 3 is 2.60 bits per heavy atom. The number of nitrogens with zero attached hydrogens (tertiary/aromatic N) is 1. The van der Waals surface area contributed by atoms with E-state index >= 15 is 0 Å². The number of hydrogen-bond donors (Lipinski definition) is 1. The molecule has 1 aliphatic carbocycles. The van der Waals surface area contributed by atoms with Gasteiger partial charge in [0.25, 0.3) is 0 Å². The number of aromatic nitrogens is 1. The highest BCUT2D eigenvalue weighted by Crippen LogP contribution is 2.25. The molecule has 0 atom stereocenters. The summed E-state index contributed by atoms with van der Waals surface area (Å²) in [4.78, 5) is 4.33. The summed E-state index contributed by atoms with van der Waals surface area (Å²) in [7, 11) is 0. The van der Waals surface area contributed by atoms with Crippen LogP contribution >= 0.6 is 15.9 Å². The van der Waals surface area contributed by atoms with Gasteiger partial charge in [0.1, 0.15) is 5.82 Å². The largest absolute Gasteiger partial charge is 0.367 e. The Morgan fingerprint density at radius 1 is 1.27 bits per heavy atom. The summed E-state index contributed by atoms with van der Waals surface area (Å²) >= 11 is 3.39. The molecule has 0 spiro atoms. The lowest BCUT2D eigenvalue weighted by molar-refractivity contribution is 0.361. The lowest BCUT2D eigenvalue weighted by Gasteiger charge is -2.27. The van der Waals surface area contributed by atoms with Crippen LogP contribution in [0.1, 0.15) is 32.6 Å². The molecular weight excluding hydrogens is 252 g/mol. The van der Waals surface area contributed by atoms with Crippen LogP contribution in [0.4, 0.5) is 5.82 Å². The molecule has 0 bridgehead atoms. The van der Waals surface area contributed by atoms with Gasteiger partial charge in [-0.3, -0.25) is 0 Å². The third-order valence-corrected chi connectivity index (χ3v) is 3.56. The lowest BCUT2D eigenvalue weighted by Crippen LogP contribution is -2.25. The average molecular weight is 269 g/mol. The number of pyridine rings is 1. The molecule has 1 aromatic heterocycles. The highest BCUT2D eigenvalue weighted by molar-refractivity contribution is 9.10. The molecular formula is C12H17BrN2. The van der Waals surface area contributed by atoms with Crippen LogP contribution in [-0.4, -0.2) is 11.0 Å². The Balaban J connectivity index is 1.89. The quantitative estimate of drug-likeness (QED) is 0.882. The molecule has 0 amide bonds. The maximum Gasteiger partial charge on any atom is 0.126 e. The number of nitrogens with one attached hydrogen (secondary N) is 1. The second-order valence-electron chi connectivity index (χ2n) is 4.46. The first kappa shape index (κ1) is 10.9. The average Bonchev–Trinajstić information content (AvgIpc) is 2.25. The van der Waals surface area contributed by atoms with Crippen molar-refractivity contribution in [3.05, 3.63) is 22.8 Å². The van der Waals surface area contributed by atoms with Gasteiger partial charge in [-0.15, -0.1) is 0 Å². The van der Waals surface area contributed by atoms with E-state index < -0.39 is 0 Å². The van der Waals surface area contributed by atoms with Gasteiger partial charge < -0.3 is 5.32 Å². The van der Waals surface area contributed by atoms with E-state index in [1.54, 1.807) is 0 Å². The van der Waals surface area contributed by atoms with E-state index in [-0.39, 0.29) is 0 Å². The lowest BCUT2D eigenvalue weighted by atomic mass is 9.87. The molecule has 3 heteroatoms. The monoisotopic (exact) mass is 268 g/mol. The van der Waals surface area contributed by atoms with Crippen molar-refractivity contribution in [2.75, 3.05) is 5.32 Å². The van der Waals surface area contributed by atoms with E-state index in [0.717, 1.165) is 16.2 Å². The van der Waals surface area contributed by atoms with Gasteiger partial charge in [0.05, 0.1) is 0 Å². The Labute approximate surface area is 99.6 Å². The Kier molecular flexibility index (Phi) is 3.62. The summed E-state index contributed by atoms with van der Waals surface area (Å²) in [5.41, 5.74) is 0. The summed E-state index contributed by atoms with van der Waals surface area (Å²) in [6.07, 6.45) is 7.08. The minimum atomic E-state index is 0.620. The van der Waals surface area contributed by atoms with Crippen LogP contribution in [0.15, 0.2) is 22.8 Å². The van der Waals surface area contributed by atoms with Gasteiger partial charge >= 0.3 is 0 Å². The van der Waals surface area contributed by atoms with Crippen LogP contribution in [0.3, 0.4) is 0 Å². The first-order chi connectivity index (χ1) is 7.24. The molecule has 0 unspecified atom stereocenters. The second-order valence-corrected chi connectivity index (χ2v) is 5.38. The highest BCUT2D eigenvalue weighted by Gasteiger charge is 2.17. The van der Waals surface area contributed by atoms with Gasteiger partial charge in [-0.1, -0.05) is 6.92 Å². The standard InChI is InChI=1S/C12H17BrN2/c1-9-2-5-11(6-3-9)15-12-7-4-10(13)8-14-12/h4,7-9,11H,2-3,5-6H2,1H3,(H,14,15). The number of anilines is 1. The smallest absolute Gasteiger partial charge is 0.126 e. The van der Waals surface area contributed by atoms with E-state index in [0.29, 0.717) is 6.04 Å². The number of halogens is 1. The zero-order valence-corrected chi connectivity index (χ0v) is 10.6. The van der Waals surface area contributed by atoms with Crippen molar-refractivity contribution in [2.24, 2.45) is 5.92 Å². The van der Waals surface area contributed by atoms with E-state index in [9.17, 15) is 0 Å². The van der Waals surface area contributed by atoms with Gasteiger partial charge in [0, 0.05) is 16.7 Å². The first-order valence-electron chi connectivity index (χ1n) is 5.62. The summed E-state index contributed by atoms with van der Waals surface area (Å²) in [6, 6.07) is 4.68. The second kappa shape index (κ2) is 4.97. The zero-order valence-electron chi connectivity index (χ0n) is 9.04. The fraction of sp³-hybridized carbons (Fsp3) is 0.583. The van der Waals surface area contributed by atoms with Crippen molar-refractivity contribution >= 4 is 21.7 Å². The maximum atomic E-state index is 4.33. The van der Waals surface area contributed by atoms with Crippen LogP contribution in [0.5, 0.6) is 0 Å². The molecule has 15 heavy (non-hydrogen) atoms. The van der Waals surface area contributed by atoms with Crippen LogP contribution < -0.4 is 5.32 Å². The molecule has 1 aromatic rings. The summed E-state index contributed by atoms with van der Waals surface area (Å²) in [5, 5.41) is 3.50. The predicted molar refractivity (Wildman–Crippen MR) is 67.0 cm³/mol. The van der Waals surface area contributed by atoms with Gasteiger partial charge in [0.2, 0.25) is 0 Å². The van der Waals surface area contributed by atoms with Crippen LogP contribution in [-0.2, 0) is 0 Å². The molecule has 2 nitrogen and oxygen atoms in total. The topological polar surface area (TPSA) is 24.9 Å². The molecule has 0 aliphatic heterocycles. The van der Waals surface area contributed by atoms with Crippen LogP contribution in [0, 0.1) is 5.92 Å². The van der Waals surface area contributed by atoms with Crippen molar-refractivity contribution in [3.8, 4) is 0 Å². The SMILES string of the molecule is CC1CCC(Nc2ccc(Br)cn2)CC1. The van der Waals surface area contributed by atoms with Gasteiger partial charge in [-0.25, -0.2) is 4.98 Å². The van der Waals surface area contributed by atoms with Crippen LogP contribution in [0.25, 0.3) is 0 Å². The Bertz CT molecular complexity index is 302. The van der Waals surface area contributed by atoms with E-state index in [2.05, 4.69) is 33.2 Å². The molecule has 1 N–H and O–H groups in total. The minimum Gasteiger partial charge on any atom is -0.367 e. The van der Waals surface area contributed by atoms with Crippen molar-refractivity contribution in [2.45, 2.75) is 38.6 Å². The molecule has 1 heterocycles. The number of rotatable bonds is 2. The van der Waals surface area contributed by atoms with Crippen molar-refractivity contribution in [1.82, 2.24) is 4.98 Å². The normalized spacial score (nSPS) is 26.3. The third-order valence-electron chi connectivity index (χ3n) is 3.10. The van der Waals surface area contributed by atoms with Gasteiger partial charge in [-0.2, -0.15) is 0 Å². The molecule has 82 valence electrons. The van der Waals surface area contributed by atoms with E-state index in [1.807, 2.05) is 18.3 Å². The highest BCUT2D eigenvalue weighted by atomic mass is 79.9. The molecule has 0 aromatic carbocycles. The summed E-state index contributed by atoms with van der Waals surface area (Å²) in [5.74, 6) is 1.90. The maximum absolute atomic E-state index is 4.33. The van der Waals surface area contributed by atoms with Gasteiger partial charge in [-0.05, 0) is 59.7 Å². The fourth-order valence-electron chi connectivity index (χ4n) is 2.07. The molecule has 0 saturated heterocycles. The Hall–Kier alpha value is -0.570. The molecule has 0 radical (unpaired) electrons. The minimum absolute atomic E-state index is 0.620. The Morgan fingerprint density at radius 2 is 2.00 bits per heavy atom. The van der Waals surface area contributed by atoms with E-state index in [1.165, 1.54) is 25.7 Å². The predicted octanol–water partition coefficient (Wildman–Crippen LogP) is 3.83. The van der Waals surface area contributed by atoms with Crippen molar-refractivity contribution < 1.29 is 0 Å². The third kappa shape index (κ3) is 3.20. The summed E-state index contributed by atoms with van der Waals surface area (Å²) < 4.78 is 1.03. The van der Waals surface area contributed by atoms with Crippen molar-refractivity contribution in [3.63, 3.8) is 0 Å². The molecule has 1 saturated carbocycles. The number of hydrogen-bond acceptors (Lipinski definition) is 2. The fourth-order valence-corrected chi connectivity index (χ4v) is 2.31. The summed E-state index contributed by atoms with van der Waals surface area (Å²) in [6.45, 7) is 2.34. The molecule has 1 aliphatic rings.